The Morgan fingerprint density at radius 3 is 2.62 bits per heavy atom. The summed E-state index contributed by atoms with van der Waals surface area (Å²) in [5, 5.41) is 10.7. The zero-order valence-corrected chi connectivity index (χ0v) is 8.68. The van der Waals surface area contributed by atoms with Crippen LogP contribution in [0.25, 0.3) is 0 Å². The van der Waals surface area contributed by atoms with Crippen LogP contribution in [0.1, 0.15) is 17.7 Å². The van der Waals surface area contributed by atoms with Gasteiger partial charge in [0.15, 0.2) is 0 Å². The quantitative estimate of drug-likeness (QED) is 0.744. The Labute approximate surface area is 82.8 Å². The van der Waals surface area contributed by atoms with Gasteiger partial charge < -0.3 is 10.0 Å². The predicted octanol–water partition coefficient (Wildman–Crippen LogP) is 2.02. The number of aryl methyl sites for hydroxylation is 1. The summed E-state index contributed by atoms with van der Waals surface area (Å²) in [5.74, 6) is 0. The minimum absolute atomic E-state index is 0.0719. The van der Waals surface area contributed by atoms with E-state index in [-0.39, 0.29) is 6.10 Å². The normalized spacial score (nSPS) is 19.4. The molecule has 0 bridgehead atoms. The third-order valence-corrected chi connectivity index (χ3v) is 3.56. The highest BCUT2D eigenvalue weighted by molar-refractivity contribution is 7.16. The molecule has 0 atom stereocenters. The van der Waals surface area contributed by atoms with E-state index >= 15 is 0 Å². The standard InChI is InChI=1S/C10H15NOS/c1-8-2-3-10(13-8)11-6-4-9(12)5-7-11/h2-3,9,12H,4-7H2,1H3. The van der Waals surface area contributed by atoms with Gasteiger partial charge in [0.05, 0.1) is 11.1 Å². The van der Waals surface area contributed by atoms with Gasteiger partial charge in [-0.05, 0) is 31.9 Å². The van der Waals surface area contributed by atoms with Crippen LogP contribution in [0.5, 0.6) is 0 Å². The molecule has 2 heterocycles. The van der Waals surface area contributed by atoms with Crippen molar-refractivity contribution < 1.29 is 5.11 Å². The van der Waals surface area contributed by atoms with E-state index < -0.39 is 0 Å². The smallest absolute Gasteiger partial charge is 0.0911 e. The highest BCUT2D eigenvalue weighted by Crippen LogP contribution is 2.27. The van der Waals surface area contributed by atoms with Gasteiger partial charge in [-0.15, -0.1) is 11.3 Å². The van der Waals surface area contributed by atoms with Gasteiger partial charge in [-0.2, -0.15) is 0 Å². The summed E-state index contributed by atoms with van der Waals surface area (Å²) in [5.41, 5.74) is 0. The van der Waals surface area contributed by atoms with E-state index in [1.807, 2.05) is 11.3 Å². The van der Waals surface area contributed by atoms with Gasteiger partial charge in [0, 0.05) is 18.0 Å². The molecule has 13 heavy (non-hydrogen) atoms. The van der Waals surface area contributed by atoms with Crippen LogP contribution in [-0.2, 0) is 0 Å². The maximum atomic E-state index is 9.36. The van der Waals surface area contributed by atoms with Crippen molar-refractivity contribution in [1.82, 2.24) is 0 Å². The van der Waals surface area contributed by atoms with Gasteiger partial charge in [-0.1, -0.05) is 0 Å². The minimum atomic E-state index is -0.0719. The molecular formula is C10H15NOS. The summed E-state index contributed by atoms with van der Waals surface area (Å²) >= 11 is 1.84. The number of aliphatic hydroxyl groups is 1. The largest absolute Gasteiger partial charge is 0.393 e. The Morgan fingerprint density at radius 2 is 2.08 bits per heavy atom. The molecule has 0 aromatic carbocycles. The van der Waals surface area contributed by atoms with E-state index in [1.165, 1.54) is 9.88 Å². The maximum absolute atomic E-state index is 9.36. The van der Waals surface area contributed by atoms with Crippen LogP contribution >= 0.6 is 11.3 Å². The lowest BCUT2D eigenvalue weighted by Crippen LogP contribution is -2.35. The van der Waals surface area contributed by atoms with Crippen LogP contribution in [0.3, 0.4) is 0 Å². The number of piperidine rings is 1. The Hall–Kier alpha value is -0.540. The van der Waals surface area contributed by atoms with E-state index in [0.29, 0.717) is 0 Å². The monoisotopic (exact) mass is 197 g/mol. The number of rotatable bonds is 1. The third-order valence-electron chi connectivity index (χ3n) is 2.50. The van der Waals surface area contributed by atoms with Crippen LogP contribution in [0.15, 0.2) is 12.1 Å². The third kappa shape index (κ3) is 2.03. The lowest BCUT2D eigenvalue weighted by atomic mass is 10.1. The van der Waals surface area contributed by atoms with Crippen molar-refractivity contribution in [2.24, 2.45) is 0 Å². The summed E-state index contributed by atoms with van der Waals surface area (Å²) in [6.45, 7) is 4.13. The van der Waals surface area contributed by atoms with E-state index in [4.69, 9.17) is 0 Å². The number of thiophene rings is 1. The first kappa shape index (κ1) is 9.03. The second kappa shape index (κ2) is 3.68. The van der Waals surface area contributed by atoms with Crippen molar-refractivity contribution in [2.75, 3.05) is 18.0 Å². The Bertz CT molecular complexity index is 276. The number of nitrogens with zero attached hydrogens (tertiary/aromatic N) is 1. The van der Waals surface area contributed by atoms with Crippen molar-refractivity contribution >= 4 is 16.3 Å². The highest BCUT2D eigenvalue weighted by atomic mass is 32.1. The van der Waals surface area contributed by atoms with Gasteiger partial charge in [-0.3, -0.25) is 0 Å². The molecule has 1 fully saturated rings. The van der Waals surface area contributed by atoms with Crippen molar-refractivity contribution in [1.29, 1.82) is 0 Å². The van der Waals surface area contributed by atoms with Crippen molar-refractivity contribution in [3.05, 3.63) is 17.0 Å². The van der Waals surface area contributed by atoms with Gasteiger partial charge in [0.2, 0.25) is 0 Å². The van der Waals surface area contributed by atoms with Crippen LogP contribution in [-0.4, -0.2) is 24.3 Å². The number of hydrogen-bond donors (Lipinski definition) is 1. The van der Waals surface area contributed by atoms with Gasteiger partial charge in [-0.25, -0.2) is 0 Å². The molecule has 0 radical (unpaired) electrons. The molecule has 0 saturated carbocycles. The molecule has 1 aliphatic heterocycles. The average molecular weight is 197 g/mol. The molecule has 1 aliphatic rings. The Morgan fingerprint density at radius 1 is 1.38 bits per heavy atom. The molecule has 1 aromatic heterocycles. The summed E-state index contributed by atoms with van der Waals surface area (Å²) < 4.78 is 0. The average Bonchev–Trinajstić information content (AvgIpc) is 2.53. The van der Waals surface area contributed by atoms with Gasteiger partial charge in [0.1, 0.15) is 0 Å². The second-order valence-electron chi connectivity index (χ2n) is 3.60. The fourth-order valence-corrected chi connectivity index (χ4v) is 2.59. The van der Waals surface area contributed by atoms with E-state index in [1.54, 1.807) is 0 Å². The topological polar surface area (TPSA) is 23.5 Å². The lowest BCUT2D eigenvalue weighted by Gasteiger charge is -2.30. The van der Waals surface area contributed by atoms with Crippen LogP contribution in [0, 0.1) is 6.92 Å². The molecule has 0 unspecified atom stereocenters. The molecule has 0 amide bonds. The van der Waals surface area contributed by atoms with E-state index in [2.05, 4.69) is 24.0 Å². The first-order valence-electron chi connectivity index (χ1n) is 4.75. The summed E-state index contributed by atoms with van der Waals surface area (Å²) in [7, 11) is 0. The maximum Gasteiger partial charge on any atom is 0.0911 e. The van der Waals surface area contributed by atoms with Crippen LogP contribution in [0.4, 0.5) is 5.00 Å². The Kier molecular flexibility index (Phi) is 2.56. The number of anilines is 1. The second-order valence-corrected chi connectivity index (χ2v) is 4.87. The molecule has 1 aromatic rings. The molecule has 0 aliphatic carbocycles. The lowest BCUT2D eigenvalue weighted by molar-refractivity contribution is 0.145. The predicted molar refractivity (Wildman–Crippen MR) is 56.5 cm³/mol. The molecule has 2 rings (SSSR count). The molecule has 2 nitrogen and oxygen atoms in total. The molecule has 1 N–H and O–H groups in total. The fraction of sp³-hybridized carbons (Fsp3) is 0.600. The molecule has 1 saturated heterocycles. The fourth-order valence-electron chi connectivity index (χ4n) is 1.68. The van der Waals surface area contributed by atoms with Crippen LogP contribution < -0.4 is 4.90 Å². The van der Waals surface area contributed by atoms with Crippen molar-refractivity contribution in [2.45, 2.75) is 25.9 Å². The van der Waals surface area contributed by atoms with Crippen LogP contribution in [0.2, 0.25) is 0 Å². The van der Waals surface area contributed by atoms with Crippen molar-refractivity contribution in [3.8, 4) is 0 Å². The molecule has 72 valence electrons. The van der Waals surface area contributed by atoms with Crippen molar-refractivity contribution in [3.63, 3.8) is 0 Å². The SMILES string of the molecule is Cc1ccc(N2CCC(O)CC2)s1. The summed E-state index contributed by atoms with van der Waals surface area (Å²) in [4.78, 5) is 3.73. The minimum Gasteiger partial charge on any atom is -0.393 e. The molecular weight excluding hydrogens is 182 g/mol. The first-order valence-corrected chi connectivity index (χ1v) is 5.57. The zero-order chi connectivity index (χ0) is 9.26. The zero-order valence-electron chi connectivity index (χ0n) is 7.86. The molecule has 0 spiro atoms. The van der Waals surface area contributed by atoms with E-state index in [0.717, 1.165) is 25.9 Å². The first-order chi connectivity index (χ1) is 6.25. The summed E-state index contributed by atoms with van der Waals surface area (Å²) in [6, 6.07) is 4.34. The Balaban J connectivity index is 2.02. The summed E-state index contributed by atoms with van der Waals surface area (Å²) in [6.07, 6.45) is 1.76. The number of aliphatic hydroxyl groups excluding tert-OH is 1. The van der Waals surface area contributed by atoms with Gasteiger partial charge in [0.25, 0.3) is 0 Å². The van der Waals surface area contributed by atoms with E-state index in [9.17, 15) is 5.11 Å². The molecule has 3 heteroatoms. The van der Waals surface area contributed by atoms with Gasteiger partial charge >= 0.3 is 0 Å². The highest BCUT2D eigenvalue weighted by Gasteiger charge is 2.17. The number of hydrogen-bond acceptors (Lipinski definition) is 3.